The van der Waals surface area contributed by atoms with Gasteiger partial charge in [0.2, 0.25) is 5.91 Å². The van der Waals surface area contributed by atoms with E-state index >= 15 is 0 Å². The van der Waals surface area contributed by atoms with E-state index in [1.165, 1.54) is 22.8 Å². The van der Waals surface area contributed by atoms with Crippen molar-refractivity contribution in [2.75, 3.05) is 6.54 Å². The molecule has 1 saturated heterocycles. The molecule has 0 aliphatic carbocycles. The first kappa shape index (κ1) is 15.8. The largest absolute Gasteiger partial charge is 0.351 e. The number of fused-ring (bicyclic) bond motifs is 1. The Kier molecular flexibility index (Phi) is 5.59. The van der Waals surface area contributed by atoms with Crippen molar-refractivity contribution in [3.63, 3.8) is 0 Å². The standard InChI is InChI=1S/C17H20N2O.ClH/c20-17(16-10-3-4-11-18-16)19-12-14-8-5-7-13-6-1-2-9-15(13)14;/h1-2,5-9,16,18H,3-4,10-12H2,(H,19,20);1H/t16-;/m0./s1. The number of hydrogen-bond donors (Lipinski definition) is 2. The van der Waals surface area contributed by atoms with Crippen molar-refractivity contribution in [3.05, 3.63) is 48.0 Å². The van der Waals surface area contributed by atoms with Gasteiger partial charge in [0.15, 0.2) is 0 Å². The zero-order chi connectivity index (χ0) is 13.8. The molecule has 0 bridgehead atoms. The summed E-state index contributed by atoms with van der Waals surface area (Å²) in [5.74, 6) is 0.123. The van der Waals surface area contributed by atoms with Crippen LogP contribution in [0.15, 0.2) is 42.5 Å². The van der Waals surface area contributed by atoms with Gasteiger partial charge in [-0.2, -0.15) is 0 Å². The number of carbonyl (C=O) groups excluding carboxylic acids is 1. The molecule has 4 heteroatoms. The van der Waals surface area contributed by atoms with Crippen LogP contribution in [0.4, 0.5) is 0 Å². The molecule has 1 atom stereocenters. The van der Waals surface area contributed by atoms with Crippen molar-refractivity contribution >= 4 is 29.1 Å². The number of carbonyl (C=O) groups is 1. The normalized spacial score (nSPS) is 18.0. The molecule has 0 spiro atoms. The van der Waals surface area contributed by atoms with Crippen LogP contribution in [-0.2, 0) is 11.3 Å². The molecule has 1 amide bonds. The third kappa shape index (κ3) is 3.74. The fraction of sp³-hybridized carbons (Fsp3) is 0.353. The molecule has 2 aromatic carbocycles. The fourth-order valence-electron chi connectivity index (χ4n) is 2.83. The van der Waals surface area contributed by atoms with E-state index in [4.69, 9.17) is 0 Å². The Hall–Kier alpha value is -1.58. The maximum Gasteiger partial charge on any atom is 0.237 e. The SMILES string of the molecule is Cl.O=C(NCc1cccc2ccccc12)[C@@H]1CCCCN1. The summed E-state index contributed by atoms with van der Waals surface area (Å²) in [6.07, 6.45) is 3.26. The molecule has 112 valence electrons. The topological polar surface area (TPSA) is 41.1 Å². The summed E-state index contributed by atoms with van der Waals surface area (Å²) in [5.41, 5.74) is 1.17. The smallest absolute Gasteiger partial charge is 0.237 e. The molecule has 0 saturated carbocycles. The van der Waals surface area contributed by atoms with Gasteiger partial charge in [-0.05, 0) is 35.7 Å². The summed E-state index contributed by atoms with van der Waals surface area (Å²) in [5, 5.41) is 8.77. The number of rotatable bonds is 3. The third-order valence-electron chi connectivity index (χ3n) is 3.96. The maximum atomic E-state index is 12.1. The fourth-order valence-corrected chi connectivity index (χ4v) is 2.83. The number of benzene rings is 2. The van der Waals surface area contributed by atoms with E-state index in [1.54, 1.807) is 0 Å². The first-order valence-electron chi connectivity index (χ1n) is 7.32. The van der Waals surface area contributed by atoms with Crippen molar-refractivity contribution in [1.29, 1.82) is 0 Å². The zero-order valence-corrected chi connectivity index (χ0v) is 12.8. The van der Waals surface area contributed by atoms with Crippen molar-refractivity contribution in [1.82, 2.24) is 10.6 Å². The van der Waals surface area contributed by atoms with Crippen LogP contribution >= 0.6 is 12.4 Å². The van der Waals surface area contributed by atoms with E-state index in [0.29, 0.717) is 6.54 Å². The second-order valence-electron chi connectivity index (χ2n) is 5.36. The van der Waals surface area contributed by atoms with Gasteiger partial charge in [0, 0.05) is 6.54 Å². The van der Waals surface area contributed by atoms with Gasteiger partial charge in [0.05, 0.1) is 6.04 Å². The predicted molar refractivity (Wildman–Crippen MR) is 88.7 cm³/mol. The lowest BCUT2D eigenvalue weighted by Gasteiger charge is -2.22. The molecule has 0 unspecified atom stereocenters. The Balaban J connectivity index is 0.00000161. The van der Waals surface area contributed by atoms with Crippen LogP contribution in [0, 0.1) is 0 Å². The summed E-state index contributed by atoms with van der Waals surface area (Å²) in [6.45, 7) is 1.55. The molecule has 2 aromatic rings. The van der Waals surface area contributed by atoms with Gasteiger partial charge in [-0.3, -0.25) is 4.79 Å². The summed E-state index contributed by atoms with van der Waals surface area (Å²) in [4.78, 5) is 12.1. The molecule has 2 N–H and O–H groups in total. The van der Waals surface area contributed by atoms with Gasteiger partial charge in [-0.15, -0.1) is 12.4 Å². The monoisotopic (exact) mass is 304 g/mol. The van der Waals surface area contributed by atoms with E-state index in [1.807, 2.05) is 18.2 Å². The van der Waals surface area contributed by atoms with Crippen molar-refractivity contribution in [3.8, 4) is 0 Å². The first-order valence-corrected chi connectivity index (χ1v) is 7.32. The molecule has 1 aliphatic rings. The van der Waals surface area contributed by atoms with E-state index in [-0.39, 0.29) is 24.4 Å². The number of piperidine rings is 1. The quantitative estimate of drug-likeness (QED) is 0.915. The van der Waals surface area contributed by atoms with E-state index in [0.717, 1.165) is 19.4 Å². The maximum absolute atomic E-state index is 12.1. The Labute approximate surface area is 131 Å². The highest BCUT2D eigenvalue weighted by molar-refractivity contribution is 5.87. The predicted octanol–water partition coefficient (Wildman–Crippen LogP) is 3.02. The molecule has 0 radical (unpaired) electrons. The minimum atomic E-state index is -0.0151. The molecule has 3 rings (SSSR count). The number of halogens is 1. The highest BCUT2D eigenvalue weighted by Gasteiger charge is 2.19. The number of amides is 1. The highest BCUT2D eigenvalue weighted by atomic mass is 35.5. The Morgan fingerprint density at radius 2 is 1.95 bits per heavy atom. The van der Waals surface area contributed by atoms with Crippen LogP contribution in [-0.4, -0.2) is 18.5 Å². The van der Waals surface area contributed by atoms with Crippen molar-refractivity contribution in [2.24, 2.45) is 0 Å². The highest BCUT2D eigenvalue weighted by Crippen LogP contribution is 2.18. The molecule has 21 heavy (non-hydrogen) atoms. The molecule has 1 fully saturated rings. The lowest BCUT2D eigenvalue weighted by Crippen LogP contribution is -2.46. The van der Waals surface area contributed by atoms with Gasteiger partial charge in [0.25, 0.3) is 0 Å². The third-order valence-corrected chi connectivity index (χ3v) is 3.96. The number of nitrogens with one attached hydrogen (secondary N) is 2. The Morgan fingerprint density at radius 1 is 1.14 bits per heavy atom. The summed E-state index contributed by atoms with van der Waals surface area (Å²) >= 11 is 0. The molecule has 1 aliphatic heterocycles. The average molecular weight is 305 g/mol. The first-order chi connectivity index (χ1) is 9.84. The Morgan fingerprint density at radius 3 is 2.76 bits per heavy atom. The molecule has 3 nitrogen and oxygen atoms in total. The zero-order valence-electron chi connectivity index (χ0n) is 12.0. The second-order valence-corrected chi connectivity index (χ2v) is 5.36. The van der Waals surface area contributed by atoms with Crippen LogP contribution in [0.2, 0.25) is 0 Å². The van der Waals surface area contributed by atoms with Crippen LogP contribution < -0.4 is 10.6 Å². The number of hydrogen-bond acceptors (Lipinski definition) is 2. The van der Waals surface area contributed by atoms with Gasteiger partial charge in [0.1, 0.15) is 0 Å². The second kappa shape index (κ2) is 7.43. The van der Waals surface area contributed by atoms with Crippen molar-refractivity contribution < 1.29 is 4.79 Å². The van der Waals surface area contributed by atoms with E-state index in [2.05, 4.69) is 34.9 Å². The van der Waals surface area contributed by atoms with Gasteiger partial charge in [-0.25, -0.2) is 0 Å². The minimum Gasteiger partial charge on any atom is -0.351 e. The summed E-state index contributed by atoms with van der Waals surface area (Å²) in [6, 6.07) is 14.5. The van der Waals surface area contributed by atoms with Crippen LogP contribution in [0.1, 0.15) is 24.8 Å². The van der Waals surface area contributed by atoms with E-state index in [9.17, 15) is 4.79 Å². The minimum absolute atomic E-state index is 0. The average Bonchev–Trinajstić information content (AvgIpc) is 2.53. The summed E-state index contributed by atoms with van der Waals surface area (Å²) in [7, 11) is 0. The van der Waals surface area contributed by atoms with Crippen LogP contribution in [0.25, 0.3) is 10.8 Å². The lowest BCUT2D eigenvalue weighted by atomic mass is 10.0. The molecule has 1 heterocycles. The van der Waals surface area contributed by atoms with E-state index < -0.39 is 0 Å². The van der Waals surface area contributed by atoms with Gasteiger partial charge in [-0.1, -0.05) is 48.9 Å². The van der Waals surface area contributed by atoms with Crippen molar-refractivity contribution in [2.45, 2.75) is 31.8 Å². The molecular formula is C17H21ClN2O. The van der Waals surface area contributed by atoms with Gasteiger partial charge >= 0.3 is 0 Å². The molecule has 0 aromatic heterocycles. The Bertz CT molecular complexity index is 603. The molecular weight excluding hydrogens is 284 g/mol. The van der Waals surface area contributed by atoms with Crippen LogP contribution in [0.5, 0.6) is 0 Å². The van der Waals surface area contributed by atoms with Crippen LogP contribution in [0.3, 0.4) is 0 Å². The van der Waals surface area contributed by atoms with Gasteiger partial charge < -0.3 is 10.6 Å². The summed E-state index contributed by atoms with van der Waals surface area (Å²) < 4.78 is 0. The lowest BCUT2D eigenvalue weighted by molar-refractivity contribution is -0.123.